The molecule has 0 saturated carbocycles. The summed E-state index contributed by atoms with van der Waals surface area (Å²) in [5.74, 6) is 0.499. The Labute approximate surface area is 160 Å². The van der Waals surface area contributed by atoms with Crippen molar-refractivity contribution in [3.05, 3.63) is 89.5 Å². The lowest BCUT2D eigenvalue weighted by Crippen LogP contribution is -2.20. The maximum atomic E-state index is 12.0. The minimum atomic E-state index is -0.179. The highest BCUT2D eigenvalue weighted by atomic mass is 16.5. The van der Waals surface area contributed by atoms with Crippen LogP contribution in [-0.2, 0) is 11.3 Å². The maximum Gasteiger partial charge on any atom is 0.262 e. The normalized spacial score (nSPS) is 10.3. The van der Waals surface area contributed by atoms with E-state index in [9.17, 15) is 4.79 Å². The first-order valence-corrected chi connectivity index (χ1v) is 8.97. The Morgan fingerprint density at radius 1 is 0.852 bits per heavy atom. The maximum absolute atomic E-state index is 12.0. The van der Waals surface area contributed by atoms with Crippen molar-refractivity contribution in [3.63, 3.8) is 0 Å². The van der Waals surface area contributed by atoms with Crippen LogP contribution in [-0.4, -0.2) is 12.5 Å². The molecule has 0 aliphatic heterocycles. The Morgan fingerprint density at radius 2 is 1.48 bits per heavy atom. The van der Waals surface area contributed by atoms with Gasteiger partial charge in [-0.05, 0) is 55.8 Å². The van der Waals surface area contributed by atoms with Crippen LogP contribution in [0.3, 0.4) is 0 Å². The third-order valence-electron chi connectivity index (χ3n) is 4.15. The fourth-order valence-electron chi connectivity index (χ4n) is 2.60. The van der Waals surface area contributed by atoms with Crippen molar-refractivity contribution in [2.24, 2.45) is 0 Å². The molecule has 0 spiro atoms. The number of ether oxygens (including phenoxy) is 1. The van der Waals surface area contributed by atoms with E-state index in [2.05, 4.69) is 41.8 Å². The van der Waals surface area contributed by atoms with Gasteiger partial charge in [-0.1, -0.05) is 47.5 Å². The molecule has 3 aromatic rings. The average Bonchev–Trinajstić information content (AvgIpc) is 2.68. The highest BCUT2D eigenvalue weighted by Gasteiger charge is 2.04. The fourth-order valence-corrected chi connectivity index (χ4v) is 2.60. The van der Waals surface area contributed by atoms with Crippen molar-refractivity contribution >= 4 is 17.3 Å². The van der Waals surface area contributed by atoms with Gasteiger partial charge in [0, 0.05) is 17.9 Å². The molecule has 0 fully saturated rings. The number of nitrogens with one attached hydrogen (secondary N) is 2. The molecule has 0 saturated heterocycles. The Balaban J connectivity index is 1.50. The van der Waals surface area contributed by atoms with E-state index < -0.39 is 0 Å². The molecule has 2 N–H and O–H groups in total. The van der Waals surface area contributed by atoms with Crippen LogP contribution in [0.15, 0.2) is 72.8 Å². The average molecular weight is 360 g/mol. The molecule has 138 valence electrons. The van der Waals surface area contributed by atoms with Crippen molar-refractivity contribution in [3.8, 4) is 5.75 Å². The highest BCUT2D eigenvalue weighted by molar-refractivity contribution is 5.91. The first-order valence-electron chi connectivity index (χ1n) is 8.97. The van der Waals surface area contributed by atoms with Gasteiger partial charge in [0.1, 0.15) is 5.75 Å². The number of rotatable bonds is 7. The van der Waals surface area contributed by atoms with Gasteiger partial charge >= 0.3 is 0 Å². The second-order valence-electron chi connectivity index (χ2n) is 6.57. The Morgan fingerprint density at radius 3 is 2.15 bits per heavy atom. The zero-order chi connectivity index (χ0) is 19.1. The van der Waals surface area contributed by atoms with E-state index >= 15 is 0 Å². The van der Waals surface area contributed by atoms with Crippen molar-refractivity contribution in [1.82, 2.24) is 0 Å². The van der Waals surface area contributed by atoms with E-state index in [0.29, 0.717) is 12.3 Å². The van der Waals surface area contributed by atoms with Gasteiger partial charge in [0.05, 0.1) is 0 Å². The molecule has 0 bridgehead atoms. The largest absolute Gasteiger partial charge is 0.484 e. The fraction of sp³-hybridized carbons (Fsp3) is 0.174. The molecule has 0 atom stereocenters. The quantitative estimate of drug-likeness (QED) is 0.628. The number of hydrogen-bond acceptors (Lipinski definition) is 3. The van der Waals surface area contributed by atoms with Gasteiger partial charge in [-0.25, -0.2) is 0 Å². The molecule has 3 aromatic carbocycles. The van der Waals surface area contributed by atoms with Gasteiger partial charge in [-0.15, -0.1) is 0 Å². The van der Waals surface area contributed by atoms with Gasteiger partial charge in [-0.3, -0.25) is 4.79 Å². The molecular formula is C23H24N2O2. The van der Waals surface area contributed by atoms with E-state index in [4.69, 9.17) is 4.74 Å². The zero-order valence-corrected chi connectivity index (χ0v) is 15.7. The van der Waals surface area contributed by atoms with Crippen LogP contribution in [0.2, 0.25) is 0 Å². The van der Waals surface area contributed by atoms with E-state index in [1.54, 1.807) is 0 Å². The Kier molecular flexibility index (Phi) is 6.10. The second kappa shape index (κ2) is 8.90. The lowest BCUT2D eigenvalue weighted by molar-refractivity contribution is -0.118. The van der Waals surface area contributed by atoms with Gasteiger partial charge in [0.2, 0.25) is 0 Å². The number of carbonyl (C=O) groups excluding carboxylic acids is 1. The predicted molar refractivity (Wildman–Crippen MR) is 110 cm³/mol. The van der Waals surface area contributed by atoms with E-state index in [0.717, 1.165) is 22.5 Å². The summed E-state index contributed by atoms with van der Waals surface area (Å²) in [6.45, 7) is 4.74. The molecule has 4 nitrogen and oxygen atoms in total. The summed E-state index contributed by atoms with van der Waals surface area (Å²) in [6, 6.07) is 23.7. The first-order chi connectivity index (χ1) is 13.1. The number of amides is 1. The summed E-state index contributed by atoms with van der Waals surface area (Å²) in [7, 11) is 0. The third kappa shape index (κ3) is 5.89. The summed E-state index contributed by atoms with van der Waals surface area (Å²) in [5.41, 5.74) is 5.32. The molecule has 0 aliphatic carbocycles. The van der Waals surface area contributed by atoms with Crippen LogP contribution >= 0.6 is 0 Å². The SMILES string of the molecule is Cc1ccc(NCc2cccc(OCC(=O)Nc3ccc(C)cc3)c2)cc1. The second-order valence-corrected chi connectivity index (χ2v) is 6.57. The summed E-state index contributed by atoms with van der Waals surface area (Å²) < 4.78 is 5.63. The molecule has 0 unspecified atom stereocenters. The standard InChI is InChI=1S/C23H24N2O2/c1-17-6-10-20(11-7-17)24-15-19-4-3-5-22(14-19)27-16-23(26)25-21-12-8-18(2)9-13-21/h3-14,24H,15-16H2,1-2H3,(H,25,26). The number of hydrogen-bond donors (Lipinski definition) is 2. The zero-order valence-electron chi connectivity index (χ0n) is 15.7. The van der Waals surface area contributed by atoms with Gasteiger partial charge < -0.3 is 15.4 Å². The highest BCUT2D eigenvalue weighted by Crippen LogP contribution is 2.16. The summed E-state index contributed by atoms with van der Waals surface area (Å²) in [5, 5.41) is 6.21. The number of benzene rings is 3. The van der Waals surface area contributed by atoms with Crippen LogP contribution in [0.4, 0.5) is 11.4 Å². The molecule has 0 aromatic heterocycles. The van der Waals surface area contributed by atoms with Crippen LogP contribution in [0.25, 0.3) is 0 Å². The molecule has 27 heavy (non-hydrogen) atoms. The first kappa shape index (κ1) is 18.5. The number of anilines is 2. The Bertz CT molecular complexity index is 887. The van der Waals surface area contributed by atoms with Crippen molar-refractivity contribution < 1.29 is 9.53 Å². The number of aryl methyl sites for hydroxylation is 2. The lowest BCUT2D eigenvalue weighted by atomic mass is 10.2. The monoisotopic (exact) mass is 360 g/mol. The van der Waals surface area contributed by atoms with E-state index in [1.165, 1.54) is 5.56 Å². The summed E-state index contributed by atoms with van der Waals surface area (Å²) in [6.07, 6.45) is 0. The van der Waals surface area contributed by atoms with Crippen LogP contribution in [0, 0.1) is 13.8 Å². The minimum Gasteiger partial charge on any atom is -0.484 e. The van der Waals surface area contributed by atoms with Gasteiger partial charge in [0.15, 0.2) is 6.61 Å². The van der Waals surface area contributed by atoms with Crippen molar-refractivity contribution in [1.29, 1.82) is 0 Å². The molecule has 0 heterocycles. The topological polar surface area (TPSA) is 50.4 Å². The van der Waals surface area contributed by atoms with Crippen molar-refractivity contribution in [2.75, 3.05) is 17.2 Å². The molecule has 3 rings (SSSR count). The van der Waals surface area contributed by atoms with Crippen molar-refractivity contribution in [2.45, 2.75) is 20.4 Å². The summed E-state index contributed by atoms with van der Waals surface area (Å²) >= 11 is 0. The molecule has 0 radical (unpaired) electrons. The van der Waals surface area contributed by atoms with Crippen LogP contribution in [0.5, 0.6) is 5.75 Å². The van der Waals surface area contributed by atoms with Crippen LogP contribution in [0.1, 0.15) is 16.7 Å². The summed E-state index contributed by atoms with van der Waals surface area (Å²) in [4.78, 5) is 12.0. The smallest absolute Gasteiger partial charge is 0.262 e. The molecule has 0 aliphatic rings. The lowest BCUT2D eigenvalue weighted by Gasteiger charge is -2.10. The van der Waals surface area contributed by atoms with Crippen LogP contribution < -0.4 is 15.4 Å². The molecule has 1 amide bonds. The van der Waals surface area contributed by atoms with E-state index in [1.807, 2.05) is 55.5 Å². The number of carbonyl (C=O) groups is 1. The Hall–Kier alpha value is -3.27. The van der Waals surface area contributed by atoms with E-state index in [-0.39, 0.29) is 12.5 Å². The predicted octanol–water partition coefficient (Wildman–Crippen LogP) is 4.93. The molecular weight excluding hydrogens is 336 g/mol. The minimum absolute atomic E-state index is 0.0251. The van der Waals surface area contributed by atoms with Gasteiger partial charge in [-0.2, -0.15) is 0 Å². The molecule has 4 heteroatoms. The van der Waals surface area contributed by atoms with Gasteiger partial charge in [0.25, 0.3) is 5.91 Å². The third-order valence-corrected chi connectivity index (χ3v) is 4.15.